The van der Waals surface area contributed by atoms with Crippen molar-refractivity contribution in [2.24, 2.45) is 0 Å². The van der Waals surface area contributed by atoms with Gasteiger partial charge in [-0.25, -0.2) is 9.97 Å². The van der Waals surface area contributed by atoms with Gasteiger partial charge in [0.1, 0.15) is 11.6 Å². The van der Waals surface area contributed by atoms with Crippen LogP contribution in [0.5, 0.6) is 0 Å². The number of hydrogen-bond acceptors (Lipinski definition) is 7. The molecule has 0 fully saturated rings. The van der Waals surface area contributed by atoms with E-state index < -0.39 is 0 Å². The van der Waals surface area contributed by atoms with Gasteiger partial charge in [-0.05, 0) is 29.7 Å². The van der Waals surface area contributed by atoms with Gasteiger partial charge in [-0.3, -0.25) is 4.98 Å². The molecule has 3 aromatic rings. The predicted molar refractivity (Wildman–Crippen MR) is 116 cm³/mol. The summed E-state index contributed by atoms with van der Waals surface area (Å²) in [6.45, 7) is 0.681. The van der Waals surface area contributed by atoms with Crippen molar-refractivity contribution in [1.29, 1.82) is 5.26 Å². The topological polar surface area (TPSA) is 86.5 Å². The fraction of sp³-hybridized carbons (Fsp3) is 0.0909. The van der Waals surface area contributed by atoms with Crippen molar-refractivity contribution < 1.29 is 0 Å². The van der Waals surface area contributed by atoms with Crippen LogP contribution in [0.15, 0.2) is 77.6 Å². The Morgan fingerprint density at radius 1 is 1.10 bits per heavy atom. The normalized spacial score (nSPS) is 14.5. The van der Waals surface area contributed by atoms with Gasteiger partial charge >= 0.3 is 0 Å². The quantitative estimate of drug-likeness (QED) is 0.606. The average Bonchev–Trinajstić information content (AvgIpc) is 3.26. The molecule has 1 aromatic carbocycles. The van der Waals surface area contributed by atoms with Crippen molar-refractivity contribution in [3.63, 3.8) is 0 Å². The summed E-state index contributed by atoms with van der Waals surface area (Å²) in [6.07, 6.45) is 6.08. The minimum absolute atomic E-state index is 0.495. The summed E-state index contributed by atoms with van der Waals surface area (Å²) in [7, 11) is 0. The summed E-state index contributed by atoms with van der Waals surface area (Å²) in [4.78, 5) is 12.9. The van der Waals surface area contributed by atoms with Crippen LogP contribution in [0.2, 0.25) is 0 Å². The predicted octanol–water partition coefficient (Wildman–Crippen LogP) is 4.05. The zero-order valence-corrected chi connectivity index (χ0v) is 16.4. The van der Waals surface area contributed by atoms with Crippen molar-refractivity contribution in [2.45, 2.75) is 6.42 Å². The third-order valence-electron chi connectivity index (χ3n) is 4.30. The Bertz CT molecular complexity index is 1090. The monoisotopic (exact) mass is 398 g/mol. The number of nitrogens with zero attached hydrogens (tertiary/aromatic N) is 4. The molecule has 4 rings (SSSR count). The Hall–Kier alpha value is -3.63. The van der Waals surface area contributed by atoms with Crippen molar-refractivity contribution in [2.75, 3.05) is 11.9 Å². The van der Waals surface area contributed by atoms with Gasteiger partial charge in [-0.1, -0.05) is 48.2 Å². The lowest BCUT2D eigenvalue weighted by Crippen LogP contribution is -2.10. The maximum Gasteiger partial charge on any atom is 0.223 e. The second-order valence-corrected chi connectivity index (χ2v) is 7.14. The average molecular weight is 398 g/mol. The molecule has 0 aliphatic carbocycles. The smallest absolute Gasteiger partial charge is 0.223 e. The fourth-order valence-electron chi connectivity index (χ4n) is 2.85. The zero-order valence-electron chi connectivity index (χ0n) is 15.5. The lowest BCUT2D eigenvalue weighted by molar-refractivity contribution is 0.971. The summed E-state index contributed by atoms with van der Waals surface area (Å²) >= 11 is 1.49. The molecule has 0 bridgehead atoms. The number of aromatic nitrogens is 3. The van der Waals surface area contributed by atoms with Gasteiger partial charge in [0.15, 0.2) is 0 Å². The fourth-order valence-corrected chi connectivity index (χ4v) is 3.72. The first-order chi connectivity index (χ1) is 14.3. The zero-order chi connectivity index (χ0) is 19.9. The van der Waals surface area contributed by atoms with Crippen LogP contribution >= 0.6 is 11.8 Å². The van der Waals surface area contributed by atoms with Gasteiger partial charge in [0.25, 0.3) is 0 Å². The molecular weight excluding hydrogens is 380 g/mol. The van der Waals surface area contributed by atoms with Crippen LogP contribution in [0.1, 0.15) is 16.8 Å². The maximum atomic E-state index is 9.74. The molecule has 1 aliphatic rings. The Labute approximate surface area is 173 Å². The SMILES string of the molecule is N#C/C(=C1/NC(c2ccccc2)=CS1)c1ccnc(NCCc2cccnc2)n1. The summed E-state index contributed by atoms with van der Waals surface area (Å²) in [5.41, 5.74) is 4.27. The van der Waals surface area contributed by atoms with E-state index >= 15 is 0 Å². The highest BCUT2D eigenvalue weighted by atomic mass is 32.2. The number of thioether (sulfide) groups is 1. The molecular formula is C22H18N6S. The Morgan fingerprint density at radius 2 is 2.00 bits per heavy atom. The van der Waals surface area contributed by atoms with E-state index in [0.29, 0.717) is 23.8 Å². The first-order valence-corrected chi connectivity index (χ1v) is 10.0. The largest absolute Gasteiger partial charge is 0.354 e. The lowest BCUT2D eigenvalue weighted by Gasteiger charge is -2.09. The van der Waals surface area contributed by atoms with Crippen LogP contribution in [0.25, 0.3) is 11.3 Å². The molecule has 0 saturated heterocycles. The van der Waals surface area contributed by atoms with Crippen LogP contribution in [0.3, 0.4) is 0 Å². The van der Waals surface area contributed by atoms with Crippen LogP contribution in [0.4, 0.5) is 5.95 Å². The lowest BCUT2D eigenvalue weighted by atomic mass is 10.1. The van der Waals surface area contributed by atoms with Gasteiger partial charge in [0.05, 0.1) is 16.4 Å². The molecule has 0 amide bonds. The molecule has 0 spiro atoms. The second kappa shape index (κ2) is 9.04. The molecule has 0 atom stereocenters. The van der Waals surface area contributed by atoms with Crippen LogP contribution in [-0.4, -0.2) is 21.5 Å². The van der Waals surface area contributed by atoms with Crippen molar-refractivity contribution in [1.82, 2.24) is 20.3 Å². The maximum absolute atomic E-state index is 9.74. The molecule has 2 aromatic heterocycles. The molecule has 0 unspecified atom stereocenters. The van der Waals surface area contributed by atoms with Gasteiger partial charge in [0.2, 0.25) is 5.95 Å². The summed E-state index contributed by atoms with van der Waals surface area (Å²) < 4.78 is 0. The van der Waals surface area contributed by atoms with E-state index in [4.69, 9.17) is 0 Å². The Morgan fingerprint density at radius 3 is 2.79 bits per heavy atom. The van der Waals surface area contributed by atoms with E-state index in [9.17, 15) is 5.26 Å². The number of benzene rings is 1. The molecule has 0 saturated carbocycles. The summed E-state index contributed by atoms with van der Waals surface area (Å²) in [6, 6.07) is 18.0. The minimum atomic E-state index is 0.495. The summed E-state index contributed by atoms with van der Waals surface area (Å²) in [5, 5.41) is 19.1. The second-order valence-electron chi connectivity index (χ2n) is 6.26. The standard InChI is InChI=1S/C22H18N6S/c23-13-18(21-27-20(15-29-21)17-6-2-1-3-7-17)19-9-12-26-22(28-19)25-11-8-16-5-4-10-24-14-16/h1-7,9-10,12,14-15,27H,8,11H2,(H,25,26,28)/b21-18+. The van der Waals surface area contributed by atoms with E-state index in [1.165, 1.54) is 11.8 Å². The first-order valence-electron chi connectivity index (χ1n) is 9.13. The highest BCUT2D eigenvalue weighted by Gasteiger charge is 2.18. The molecule has 1 aliphatic heterocycles. The number of nitrogens with one attached hydrogen (secondary N) is 2. The van der Waals surface area contributed by atoms with E-state index in [1.807, 2.05) is 54.1 Å². The van der Waals surface area contributed by atoms with Gasteiger partial charge < -0.3 is 10.6 Å². The number of nitriles is 1. The van der Waals surface area contributed by atoms with E-state index in [0.717, 1.165) is 28.3 Å². The van der Waals surface area contributed by atoms with Crippen molar-refractivity contribution in [3.8, 4) is 6.07 Å². The summed E-state index contributed by atoms with van der Waals surface area (Å²) in [5.74, 6) is 0.499. The van der Waals surface area contributed by atoms with Crippen LogP contribution in [0, 0.1) is 11.3 Å². The van der Waals surface area contributed by atoms with Crippen molar-refractivity contribution in [3.05, 3.63) is 94.4 Å². The molecule has 142 valence electrons. The van der Waals surface area contributed by atoms with E-state index in [1.54, 1.807) is 18.5 Å². The minimum Gasteiger partial charge on any atom is -0.354 e. The Balaban J connectivity index is 1.46. The first kappa shape index (κ1) is 18.7. The highest BCUT2D eigenvalue weighted by Crippen LogP contribution is 2.34. The number of pyridine rings is 1. The Kier molecular flexibility index (Phi) is 5.84. The molecule has 3 heterocycles. The number of allylic oxidation sites excluding steroid dienone is 1. The third-order valence-corrected chi connectivity index (χ3v) is 5.19. The van der Waals surface area contributed by atoms with Crippen LogP contribution < -0.4 is 10.6 Å². The van der Waals surface area contributed by atoms with E-state index in [2.05, 4.69) is 31.7 Å². The van der Waals surface area contributed by atoms with Gasteiger partial charge in [-0.15, -0.1) is 0 Å². The van der Waals surface area contributed by atoms with Gasteiger partial charge in [-0.2, -0.15) is 5.26 Å². The molecule has 2 N–H and O–H groups in total. The molecule has 6 nitrogen and oxygen atoms in total. The molecule has 0 radical (unpaired) electrons. The van der Waals surface area contributed by atoms with Crippen molar-refractivity contribution >= 4 is 29.0 Å². The number of anilines is 1. The number of rotatable bonds is 6. The third kappa shape index (κ3) is 4.62. The molecule has 7 heteroatoms. The van der Waals surface area contributed by atoms with Crippen LogP contribution in [-0.2, 0) is 6.42 Å². The molecule has 29 heavy (non-hydrogen) atoms. The highest BCUT2D eigenvalue weighted by molar-refractivity contribution is 8.06. The van der Waals surface area contributed by atoms with Gasteiger partial charge in [0, 0.05) is 30.5 Å². The number of hydrogen-bond donors (Lipinski definition) is 2. The van der Waals surface area contributed by atoms with E-state index in [-0.39, 0.29) is 0 Å².